The molecule has 0 atom stereocenters. The molecule has 4 aromatic carbocycles. The molecule has 0 unspecified atom stereocenters. The summed E-state index contributed by atoms with van der Waals surface area (Å²) < 4.78 is 29.5. The number of rotatable bonds is 12. The number of aromatic nitrogens is 4. The quantitative estimate of drug-likeness (QED) is 0.115. The smallest absolute Gasteiger partial charge is 0.220 e. The van der Waals surface area contributed by atoms with Crippen LogP contribution in [0.25, 0.3) is 22.1 Å². The molecule has 6 rings (SSSR count). The summed E-state index contributed by atoms with van der Waals surface area (Å²) in [5, 5.41) is 12.8. The second-order valence-corrected chi connectivity index (χ2v) is 11.7. The average Bonchev–Trinajstić information content (AvgIpc) is 3.34. The number of amides is 1. The molecule has 1 N–H and O–H groups in total. The third-order valence-corrected chi connectivity index (χ3v) is 8.53. The fraction of sp³-hybridized carbons (Fsp3) is 0.200. The number of halogens is 2. The van der Waals surface area contributed by atoms with Crippen molar-refractivity contribution in [3.05, 3.63) is 131 Å². The Morgan fingerprint density at radius 2 is 1.52 bits per heavy atom. The normalized spacial score (nSPS) is 11.4. The molecule has 0 saturated heterocycles. The summed E-state index contributed by atoms with van der Waals surface area (Å²) in [4.78, 5) is 17.4. The van der Waals surface area contributed by atoms with Crippen molar-refractivity contribution in [1.82, 2.24) is 25.1 Å². The van der Waals surface area contributed by atoms with Crippen molar-refractivity contribution in [3.8, 4) is 0 Å². The molecule has 0 aliphatic carbocycles. The zero-order valence-electron chi connectivity index (χ0n) is 24.0. The molecular weight excluding hydrogens is 576 g/mol. The van der Waals surface area contributed by atoms with Gasteiger partial charge in [-0.2, -0.15) is 0 Å². The highest BCUT2D eigenvalue weighted by molar-refractivity contribution is 7.99. The zero-order chi connectivity index (χ0) is 30.3. The fourth-order valence-electron chi connectivity index (χ4n) is 5.44. The summed E-state index contributed by atoms with van der Waals surface area (Å²) in [5.74, 6) is 0.194. The summed E-state index contributed by atoms with van der Waals surface area (Å²) >= 11 is 1.43. The van der Waals surface area contributed by atoms with Crippen molar-refractivity contribution in [2.75, 3.05) is 12.3 Å². The van der Waals surface area contributed by atoms with Crippen LogP contribution in [0.4, 0.5) is 8.78 Å². The second kappa shape index (κ2) is 13.8. The SMILES string of the molecule is O=C(CCCSc1nnc2c3cc(F)ccc3n(Cc3ccc(F)cc3)c2n1)NCCC(c1ccccc1)c1ccccc1. The van der Waals surface area contributed by atoms with Crippen molar-refractivity contribution in [1.29, 1.82) is 0 Å². The number of hydrogen-bond acceptors (Lipinski definition) is 5. The Balaban J connectivity index is 1.06. The van der Waals surface area contributed by atoms with Crippen LogP contribution in [0, 0.1) is 11.6 Å². The lowest BCUT2D eigenvalue weighted by Crippen LogP contribution is -2.25. The van der Waals surface area contributed by atoms with Gasteiger partial charge in [-0.05, 0) is 59.9 Å². The maximum Gasteiger partial charge on any atom is 0.220 e. The van der Waals surface area contributed by atoms with E-state index >= 15 is 0 Å². The van der Waals surface area contributed by atoms with Gasteiger partial charge in [0.2, 0.25) is 11.1 Å². The predicted octanol–water partition coefficient (Wildman–Crippen LogP) is 7.52. The Labute approximate surface area is 258 Å². The van der Waals surface area contributed by atoms with Gasteiger partial charge in [0.25, 0.3) is 0 Å². The molecule has 0 saturated carbocycles. The molecule has 2 aromatic heterocycles. The van der Waals surface area contributed by atoms with Gasteiger partial charge in [-0.25, -0.2) is 13.8 Å². The van der Waals surface area contributed by atoms with Crippen LogP contribution in [-0.2, 0) is 11.3 Å². The summed E-state index contributed by atoms with van der Waals surface area (Å²) in [7, 11) is 0. The van der Waals surface area contributed by atoms with E-state index in [0.29, 0.717) is 53.4 Å². The number of fused-ring (bicyclic) bond motifs is 3. The number of carbonyl (C=O) groups is 1. The van der Waals surface area contributed by atoms with Crippen molar-refractivity contribution in [3.63, 3.8) is 0 Å². The van der Waals surface area contributed by atoms with Gasteiger partial charge in [0.15, 0.2) is 5.65 Å². The lowest BCUT2D eigenvalue weighted by atomic mass is 9.88. The van der Waals surface area contributed by atoms with Gasteiger partial charge in [0.05, 0.1) is 5.52 Å². The number of nitrogens with one attached hydrogen (secondary N) is 1. The van der Waals surface area contributed by atoms with E-state index < -0.39 is 0 Å². The van der Waals surface area contributed by atoms with E-state index in [4.69, 9.17) is 4.98 Å². The standard InChI is InChI=1S/C35H31F2N5OS/c36-27-15-13-24(14-16-27)23-42-31-18-17-28(37)22-30(31)33-34(42)39-35(41-40-33)44-21-7-12-32(43)38-20-19-29(25-8-3-1-4-9-25)26-10-5-2-6-11-26/h1-6,8-11,13-18,22,29H,7,12,19-21,23H2,(H,38,43). The van der Waals surface area contributed by atoms with Crippen LogP contribution in [0.5, 0.6) is 0 Å². The number of benzene rings is 4. The minimum Gasteiger partial charge on any atom is -0.356 e. The molecule has 0 aliphatic rings. The van der Waals surface area contributed by atoms with Gasteiger partial charge in [-0.15, -0.1) is 10.2 Å². The third kappa shape index (κ3) is 6.94. The maximum absolute atomic E-state index is 14.1. The Kier molecular flexibility index (Phi) is 9.22. The van der Waals surface area contributed by atoms with E-state index in [-0.39, 0.29) is 23.5 Å². The first-order chi connectivity index (χ1) is 21.5. The number of hydrogen-bond donors (Lipinski definition) is 1. The highest BCUT2D eigenvalue weighted by Crippen LogP contribution is 2.30. The Morgan fingerprint density at radius 1 is 0.841 bits per heavy atom. The first-order valence-corrected chi connectivity index (χ1v) is 15.6. The predicted molar refractivity (Wildman–Crippen MR) is 171 cm³/mol. The molecule has 1 amide bonds. The molecule has 9 heteroatoms. The molecule has 0 bridgehead atoms. The molecule has 0 spiro atoms. The lowest BCUT2D eigenvalue weighted by Gasteiger charge is -2.18. The number of nitrogens with zero attached hydrogens (tertiary/aromatic N) is 4. The molecule has 6 nitrogen and oxygen atoms in total. The second-order valence-electron chi connectivity index (χ2n) is 10.6. The van der Waals surface area contributed by atoms with Crippen LogP contribution in [0.3, 0.4) is 0 Å². The van der Waals surface area contributed by atoms with Crippen LogP contribution < -0.4 is 5.32 Å². The van der Waals surface area contributed by atoms with Gasteiger partial charge in [0, 0.05) is 36.6 Å². The molecule has 6 aromatic rings. The Morgan fingerprint density at radius 3 is 2.23 bits per heavy atom. The van der Waals surface area contributed by atoms with E-state index in [1.54, 1.807) is 18.2 Å². The van der Waals surface area contributed by atoms with Crippen LogP contribution in [-0.4, -0.2) is 38.0 Å². The van der Waals surface area contributed by atoms with Crippen molar-refractivity contribution < 1.29 is 13.6 Å². The van der Waals surface area contributed by atoms with Crippen molar-refractivity contribution in [2.24, 2.45) is 0 Å². The van der Waals surface area contributed by atoms with E-state index in [9.17, 15) is 13.6 Å². The Hall–Kier alpha value is -4.63. The highest BCUT2D eigenvalue weighted by atomic mass is 32.2. The van der Waals surface area contributed by atoms with Gasteiger partial charge in [-0.1, -0.05) is 84.6 Å². The topological polar surface area (TPSA) is 72.7 Å². The van der Waals surface area contributed by atoms with E-state index in [2.05, 4.69) is 39.8 Å². The van der Waals surface area contributed by atoms with Crippen LogP contribution >= 0.6 is 11.8 Å². The lowest BCUT2D eigenvalue weighted by molar-refractivity contribution is -0.121. The molecule has 0 radical (unpaired) electrons. The fourth-order valence-corrected chi connectivity index (χ4v) is 6.16. The third-order valence-electron chi connectivity index (χ3n) is 7.60. The maximum atomic E-state index is 14.1. The minimum atomic E-state index is -0.368. The highest BCUT2D eigenvalue weighted by Gasteiger charge is 2.17. The van der Waals surface area contributed by atoms with Gasteiger partial charge >= 0.3 is 0 Å². The summed E-state index contributed by atoms with van der Waals surface area (Å²) in [5.41, 5.74) is 5.21. The summed E-state index contributed by atoms with van der Waals surface area (Å²) in [6.07, 6.45) is 1.86. The van der Waals surface area contributed by atoms with E-state index in [1.807, 2.05) is 41.0 Å². The molecule has 0 aliphatic heterocycles. The van der Waals surface area contributed by atoms with E-state index in [0.717, 1.165) is 17.5 Å². The number of carbonyl (C=O) groups excluding carboxylic acids is 1. The van der Waals surface area contributed by atoms with Gasteiger partial charge < -0.3 is 9.88 Å². The van der Waals surface area contributed by atoms with Crippen LogP contribution in [0.1, 0.15) is 41.9 Å². The van der Waals surface area contributed by atoms with Crippen LogP contribution in [0.15, 0.2) is 108 Å². The average molecular weight is 608 g/mol. The van der Waals surface area contributed by atoms with Gasteiger partial charge in [-0.3, -0.25) is 4.79 Å². The largest absolute Gasteiger partial charge is 0.356 e. The molecule has 2 heterocycles. The monoisotopic (exact) mass is 607 g/mol. The molecular formula is C35H31F2N5OS. The minimum absolute atomic E-state index is 0.0152. The Bertz CT molecular complexity index is 1820. The molecule has 0 fully saturated rings. The summed E-state index contributed by atoms with van der Waals surface area (Å²) in [6.45, 7) is 1.01. The van der Waals surface area contributed by atoms with Crippen molar-refractivity contribution >= 4 is 39.7 Å². The molecule has 222 valence electrons. The zero-order valence-corrected chi connectivity index (χ0v) is 24.8. The molecule has 44 heavy (non-hydrogen) atoms. The van der Waals surface area contributed by atoms with Crippen LogP contribution in [0.2, 0.25) is 0 Å². The van der Waals surface area contributed by atoms with Gasteiger partial charge in [0.1, 0.15) is 17.2 Å². The number of thioether (sulfide) groups is 1. The van der Waals surface area contributed by atoms with E-state index in [1.165, 1.54) is 47.2 Å². The van der Waals surface area contributed by atoms with Crippen molar-refractivity contribution in [2.45, 2.75) is 36.9 Å². The first kappa shape index (κ1) is 29.4. The summed E-state index contributed by atoms with van der Waals surface area (Å²) in [6, 6.07) is 31.5. The first-order valence-electron chi connectivity index (χ1n) is 14.6.